The highest BCUT2D eigenvalue weighted by Gasteiger charge is 2.30. The third-order valence-corrected chi connectivity index (χ3v) is 4.36. The number of nitrogens with one attached hydrogen (secondary N) is 1. The molecule has 0 bridgehead atoms. The zero-order valence-corrected chi connectivity index (χ0v) is 16.5. The molecule has 28 heavy (non-hydrogen) atoms. The number of hydrogen-bond donors (Lipinski definition) is 2. The molecule has 0 atom stereocenters. The van der Waals surface area contributed by atoms with Gasteiger partial charge in [-0.25, -0.2) is 4.98 Å². The van der Waals surface area contributed by atoms with Crippen LogP contribution in [0.3, 0.4) is 0 Å². The fourth-order valence-electron chi connectivity index (χ4n) is 2.62. The maximum absolute atomic E-state index is 12.8. The molecule has 0 fully saturated rings. The molecule has 0 aliphatic carbocycles. The second kappa shape index (κ2) is 8.51. The molecule has 0 aliphatic rings. The minimum atomic E-state index is -4.36. The lowest BCUT2D eigenvalue weighted by atomic mass is 9.84. The molecule has 1 aromatic heterocycles. The van der Waals surface area contributed by atoms with Crippen molar-refractivity contribution >= 4 is 11.8 Å². The van der Waals surface area contributed by atoms with Crippen LogP contribution >= 0.6 is 0 Å². The summed E-state index contributed by atoms with van der Waals surface area (Å²) in [6.45, 7) is 8.36. The molecule has 0 saturated carbocycles. The number of nitrogens with zero attached hydrogens (tertiary/aromatic N) is 2. The van der Waals surface area contributed by atoms with Crippen molar-refractivity contribution in [2.45, 2.75) is 52.1 Å². The smallest absolute Gasteiger partial charge is 0.369 e. The molecule has 7 heteroatoms. The van der Waals surface area contributed by atoms with E-state index in [9.17, 15) is 13.2 Å². The van der Waals surface area contributed by atoms with Gasteiger partial charge >= 0.3 is 6.18 Å². The zero-order valence-electron chi connectivity index (χ0n) is 16.5. The molecule has 0 saturated heterocycles. The first-order valence-corrected chi connectivity index (χ1v) is 9.13. The summed E-state index contributed by atoms with van der Waals surface area (Å²) >= 11 is 0. The molecule has 4 nitrogen and oxygen atoms in total. The number of anilines is 2. The number of rotatable bonds is 5. The van der Waals surface area contributed by atoms with E-state index in [1.54, 1.807) is 6.92 Å². The van der Waals surface area contributed by atoms with Gasteiger partial charge in [0.2, 0.25) is 5.95 Å². The lowest BCUT2D eigenvalue weighted by Gasteiger charge is -2.19. The summed E-state index contributed by atoms with van der Waals surface area (Å²) in [6, 6.07) is 5.08. The average Bonchev–Trinajstić information content (AvgIpc) is 2.60. The van der Waals surface area contributed by atoms with Crippen LogP contribution in [0, 0.1) is 18.8 Å². The monoisotopic (exact) mass is 390 g/mol. The normalized spacial score (nSPS) is 11.7. The maximum atomic E-state index is 12.8. The lowest BCUT2D eigenvalue weighted by molar-refractivity contribution is -0.137. The number of unbranched alkanes of at least 4 members (excludes halogenated alkanes) is 1. The van der Waals surface area contributed by atoms with Crippen LogP contribution in [0.1, 0.15) is 56.0 Å². The van der Waals surface area contributed by atoms with Gasteiger partial charge < -0.3 is 11.1 Å². The fraction of sp³-hybridized carbons (Fsp3) is 0.429. The summed E-state index contributed by atoms with van der Waals surface area (Å²) < 4.78 is 38.3. The standard InChI is InChI=1S/C21H25F3N4/c1-5-6-13-26-18-17(14(2)27-19(25)28-18)11-12-20(3,4)15-7-9-16(10-8-15)21(22,23)24/h7-10H,5-6,13H2,1-4H3,(H3,25,26,27,28). The molecule has 0 radical (unpaired) electrons. The topological polar surface area (TPSA) is 63.8 Å². The van der Waals surface area contributed by atoms with E-state index in [2.05, 4.69) is 34.0 Å². The number of aryl methyl sites for hydroxylation is 1. The third-order valence-electron chi connectivity index (χ3n) is 4.36. The Labute approximate surface area is 163 Å². The third kappa shape index (κ3) is 5.38. The van der Waals surface area contributed by atoms with Crippen LogP contribution < -0.4 is 11.1 Å². The second-order valence-corrected chi connectivity index (χ2v) is 7.12. The zero-order chi connectivity index (χ0) is 20.9. The number of hydrogen-bond acceptors (Lipinski definition) is 4. The largest absolute Gasteiger partial charge is 0.416 e. The molecule has 3 N–H and O–H groups in total. The summed E-state index contributed by atoms with van der Waals surface area (Å²) in [6.07, 6.45) is -2.34. The Balaban J connectivity index is 2.35. The van der Waals surface area contributed by atoms with Gasteiger partial charge in [-0.1, -0.05) is 37.3 Å². The molecule has 0 spiro atoms. The molecule has 1 heterocycles. The first-order chi connectivity index (χ1) is 13.0. The van der Waals surface area contributed by atoms with Crippen molar-refractivity contribution < 1.29 is 13.2 Å². The lowest BCUT2D eigenvalue weighted by Crippen LogP contribution is -2.15. The number of nitrogen functional groups attached to an aromatic ring is 1. The van der Waals surface area contributed by atoms with Crippen LogP contribution in [0.15, 0.2) is 24.3 Å². The maximum Gasteiger partial charge on any atom is 0.416 e. The number of alkyl halides is 3. The van der Waals surface area contributed by atoms with Crippen molar-refractivity contribution in [3.05, 3.63) is 46.6 Å². The average molecular weight is 390 g/mol. The molecular formula is C21H25F3N4. The van der Waals surface area contributed by atoms with Gasteiger partial charge in [-0.3, -0.25) is 0 Å². The van der Waals surface area contributed by atoms with Crippen molar-refractivity contribution in [1.82, 2.24) is 9.97 Å². The van der Waals surface area contributed by atoms with Gasteiger partial charge in [-0.05, 0) is 44.9 Å². The van der Waals surface area contributed by atoms with E-state index in [4.69, 9.17) is 5.73 Å². The van der Waals surface area contributed by atoms with E-state index in [0.717, 1.165) is 31.5 Å². The number of halogens is 3. The van der Waals surface area contributed by atoms with Crippen LogP contribution in [0.2, 0.25) is 0 Å². The molecule has 1 aromatic carbocycles. The minimum absolute atomic E-state index is 0.170. The SMILES string of the molecule is CCCCNc1nc(N)nc(C)c1C#CC(C)(C)c1ccc(C(F)(F)F)cc1. The predicted molar refractivity (Wildman–Crippen MR) is 106 cm³/mol. The highest BCUT2D eigenvalue weighted by molar-refractivity contribution is 5.59. The molecule has 2 aromatic rings. The predicted octanol–water partition coefficient (Wildman–Crippen LogP) is 4.93. The summed E-state index contributed by atoms with van der Waals surface area (Å²) in [5.74, 6) is 7.00. The first kappa shape index (κ1) is 21.5. The molecule has 2 rings (SSSR count). The summed E-state index contributed by atoms with van der Waals surface area (Å²) in [5, 5.41) is 3.24. The van der Waals surface area contributed by atoms with E-state index < -0.39 is 17.2 Å². The number of aromatic nitrogens is 2. The summed E-state index contributed by atoms with van der Waals surface area (Å²) in [4.78, 5) is 8.42. The van der Waals surface area contributed by atoms with Gasteiger partial charge in [0.25, 0.3) is 0 Å². The van der Waals surface area contributed by atoms with Crippen molar-refractivity contribution in [2.75, 3.05) is 17.6 Å². The Morgan fingerprint density at radius 1 is 1.07 bits per heavy atom. The van der Waals surface area contributed by atoms with Gasteiger partial charge in [0.05, 0.1) is 22.2 Å². The number of benzene rings is 1. The Morgan fingerprint density at radius 3 is 2.25 bits per heavy atom. The Bertz CT molecular complexity index is 875. The molecule has 150 valence electrons. The van der Waals surface area contributed by atoms with Crippen LogP contribution in [0.5, 0.6) is 0 Å². The van der Waals surface area contributed by atoms with Crippen molar-refractivity contribution in [3.8, 4) is 11.8 Å². The fourth-order valence-corrected chi connectivity index (χ4v) is 2.62. The highest BCUT2D eigenvalue weighted by atomic mass is 19.4. The Kier molecular flexibility index (Phi) is 6.55. The van der Waals surface area contributed by atoms with Crippen LogP contribution in [0.25, 0.3) is 0 Å². The second-order valence-electron chi connectivity index (χ2n) is 7.12. The van der Waals surface area contributed by atoms with Crippen molar-refractivity contribution in [3.63, 3.8) is 0 Å². The quantitative estimate of drug-likeness (QED) is 0.561. The summed E-state index contributed by atoms with van der Waals surface area (Å²) in [7, 11) is 0. The number of nitrogens with two attached hydrogens (primary N) is 1. The van der Waals surface area contributed by atoms with Gasteiger partial charge in [-0.2, -0.15) is 18.2 Å². The van der Waals surface area contributed by atoms with Crippen LogP contribution in [-0.4, -0.2) is 16.5 Å². The molecule has 0 unspecified atom stereocenters. The highest BCUT2D eigenvalue weighted by Crippen LogP contribution is 2.31. The van der Waals surface area contributed by atoms with Gasteiger partial charge in [0, 0.05) is 6.54 Å². The van der Waals surface area contributed by atoms with E-state index in [0.29, 0.717) is 22.6 Å². The van der Waals surface area contributed by atoms with E-state index in [1.165, 1.54) is 12.1 Å². The van der Waals surface area contributed by atoms with Crippen molar-refractivity contribution in [2.24, 2.45) is 0 Å². The van der Waals surface area contributed by atoms with Gasteiger partial charge in [-0.15, -0.1) is 0 Å². The first-order valence-electron chi connectivity index (χ1n) is 9.13. The van der Waals surface area contributed by atoms with E-state index >= 15 is 0 Å². The van der Waals surface area contributed by atoms with Gasteiger partial charge in [0.1, 0.15) is 5.82 Å². The Hall–Kier alpha value is -2.75. The molecule has 0 aliphatic heterocycles. The minimum Gasteiger partial charge on any atom is -0.369 e. The summed E-state index contributed by atoms with van der Waals surface area (Å²) in [5.41, 5.74) is 6.42. The van der Waals surface area contributed by atoms with Crippen LogP contribution in [0.4, 0.5) is 24.9 Å². The van der Waals surface area contributed by atoms with E-state index in [-0.39, 0.29) is 5.95 Å². The van der Waals surface area contributed by atoms with E-state index in [1.807, 2.05) is 13.8 Å². The van der Waals surface area contributed by atoms with Gasteiger partial charge in [0.15, 0.2) is 0 Å². The molecule has 0 amide bonds. The Morgan fingerprint density at radius 2 is 1.68 bits per heavy atom. The van der Waals surface area contributed by atoms with Crippen molar-refractivity contribution in [1.29, 1.82) is 0 Å². The van der Waals surface area contributed by atoms with Crippen LogP contribution in [-0.2, 0) is 11.6 Å². The molecular weight excluding hydrogens is 365 g/mol.